The van der Waals surface area contributed by atoms with Crippen LogP contribution in [-0.4, -0.2) is 16.9 Å². The van der Waals surface area contributed by atoms with Gasteiger partial charge in [0.05, 0.1) is 5.69 Å². The number of carbonyl (C=O) groups is 1. The van der Waals surface area contributed by atoms with Gasteiger partial charge in [-0.15, -0.1) is 0 Å². The lowest BCUT2D eigenvalue weighted by molar-refractivity contribution is -0.126. The number of anilines is 1. The smallest absolute Gasteiger partial charge is 0.315 e. The van der Waals surface area contributed by atoms with Gasteiger partial charge in [0, 0.05) is 18.8 Å². The Labute approximate surface area is 84.5 Å². The fourth-order valence-electron chi connectivity index (χ4n) is 1.05. The highest BCUT2D eigenvalue weighted by molar-refractivity contribution is 5.92. The zero-order chi connectivity index (χ0) is 11.4. The molecule has 0 aromatic carbocycles. The first-order valence-electron chi connectivity index (χ1n) is 4.34. The number of amides is 1. The maximum atomic E-state index is 11.9. The van der Waals surface area contributed by atoms with E-state index in [4.69, 9.17) is 0 Å². The number of hydrogen-bond donors (Lipinski definition) is 1. The van der Waals surface area contributed by atoms with Crippen molar-refractivity contribution in [3.63, 3.8) is 0 Å². The molecule has 0 atom stereocenters. The summed E-state index contributed by atoms with van der Waals surface area (Å²) in [7, 11) is 0. The molecule has 1 aromatic heterocycles. The summed E-state index contributed by atoms with van der Waals surface area (Å²) in [5, 5.41) is 1.99. The molecule has 1 N–H and O–H groups in total. The third kappa shape index (κ3) is 2.87. The highest BCUT2D eigenvalue weighted by Gasteiger charge is 2.14. The molecule has 0 saturated carbocycles. The number of halogens is 2. The van der Waals surface area contributed by atoms with Gasteiger partial charge in [0.2, 0.25) is 0 Å². The maximum absolute atomic E-state index is 11.9. The predicted octanol–water partition coefficient (Wildman–Crippen LogP) is 1.07. The molecule has 15 heavy (non-hydrogen) atoms. The van der Waals surface area contributed by atoms with Crippen molar-refractivity contribution in [2.45, 2.75) is 19.9 Å². The summed E-state index contributed by atoms with van der Waals surface area (Å²) in [6, 6.07) is 2.50. The van der Waals surface area contributed by atoms with Crippen molar-refractivity contribution in [1.82, 2.24) is 4.57 Å². The molecule has 1 heterocycles. The molecule has 6 heteroatoms. The number of hydrogen-bond acceptors (Lipinski definition) is 2. The molecule has 1 rings (SSSR count). The van der Waals surface area contributed by atoms with Crippen molar-refractivity contribution in [2.75, 3.05) is 5.32 Å². The van der Waals surface area contributed by atoms with E-state index in [0.29, 0.717) is 6.54 Å². The van der Waals surface area contributed by atoms with Gasteiger partial charge in [0.25, 0.3) is 11.5 Å². The van der Waals surface area contributed by atoms with Crippen LogP contribution in [0, 0.1) is 0 Å². The Bertz CT molecular complexity index is 415. The topological polar surface area (TPSA) is 51.1 Å². The summed E-state index contributed by atoms with van der Waals surface area (Å²) < 4.78 is 25.1. The second-order valence-corrected chi connectivity index (χ2v) is 2.83. The minimum Gasteiger partial charge on any atom is -0.320 e. The lowest BCUT2D eigenvalue weighted by atomic mass is 10.4. The van der Waals surface area contributed by atoms with Gasteiger partial charge in [-0.3, -0.25) is 9.59 Å². The number of aryl methyl sites for hydroxylation is 1. The Morgan fingerprint density at radius 2 is 2.20 bits per heavy atom. The molecule has 0 unspecified atom stereocenters. The molecule has 0 spiro atoms. The first kappa shape index (κ1) is 11.4. The SMILES string of the molecule is CCn1cc(NC(=O)C(F)F)ccc1=O. The van der Waals surface area contributed by atoms with E-state index in [9.17, 15) is 18.4 Å². The highest BCUT2D eigenvalue weighted by Crippen LogP contribution is 2.05. The van der Waals surface area contributed by atoms with Gasteiger partial charge in [-0.25, -0.2) is 0 Å². The van der Waals surface area contributed by atoms with Crippen molar-refractivity contribution in [1.29, 1.82) is 0 Å². The van der Waals surface area contributed by atoms with Crippen LogP contribution in [0.5, 0.6) is 0 Å². The van der Waals surface area contributed by atoms with Crippen molar-refractivity contribution in [2.24, 2.45) is 0 Å². The Morgan fingerprint density at radius 3 is 2.73 bits per heavy atom. The van der Waals surface area contributed by atoms with Crippen LogP contribution >= 0.6 is 0 Å². The van der Waals surface area contributed by atoms with Gasteiger partial charge >= 0.3 is 6.43 Å². The number of nitrogens with zero attached hydrogens (tertiary/aromatic N) is 1. The summed E-state index contributed by atoms with van der Waals surface area (Å²) in [4.78, 5) is 21.8. The van der Waals surface area contributed by atoms with Crippen molar-refractivity contribution >= 4 is 11.6 Å². The minimum absolute atomic E-state index is 0.182. The fourth-order valence-corrected chi connectivity index (χ4v) is 1.05. The molecule has 0 bridgehead atoms. The van der Waals surface area contributed by atoms with Gasteiger partial charge in [-0.2, -0.15) is 8.78 Å². The lowest BCUT2D eigenvalue weighted by Gasteiger charge is -2.06. The number of rotatable bonds is 3. The summed E-state index contributed by atoms with van der Waals surface area (Å²) in [6.45, 7) is 2.15. The van der Waals surface area contributed by atoms with E-state index in [1.54, 1.807) is 6.92 Å². The van der Waals surface area contributed by atoms with Crippen LogP contribution in [0.3, 0.4) is 0 Å². The van der Waals surface area contributed by atoms with Gasteiger partial charge in [-0.05, 0) is 13.0 Å². The fraction of sp³-hybridized carbons (Fsp3) is 0.333. The van der Waals surface area contributed by atoms with Crippen LogP contribution in [0.1, 0.15) is 6.92 Å². The number of pyridine rings is 1. The van der Waals surface area contributed by atoms with Crippen LogP contribution in [0.25, 0.3) is 0 Å². The normalized spacial score (nSPS) is 10.4. The molecule has 1 amide bonds. The molecular formula is C9H10F2N2O2. The van der Waals surface area contributed by atoms with Crippen LogP contribution in [0.2, 0.25) is 0 Å². The van der Waals surface area contributed by atoms with Crippen LogP contribution in [0.4, 0.5) is 14.5 Å². The minimum atomic E-state index is -3.06. The quantitative estimate of drug-likeness (QED) is 0.821. The van der Waals surface area contributed by atoms with Crippen LogP contribution in [0.15, 0.2) is 23.1 Å². The number of aromatic nitrogens is 1. The third-order valence-electron chi connectivity index (χ3n) is 1.79. The standard InChI is InChI=1S/C9H10F2N2O2/c1-2-13-5-6(3-4-7(13)14)12-9(15)8(10)11/h3-5,8H,2H2,1H3,(H,12,15). The van der Waals surface area contributed by atoms with Gasteiger partial charge in [-0.1, -0.05) is 0 Å². The Morgan fingerprint density at radius 1 is 1.53 bits per heavy atom. The molecule has 0 aliphatic rings. The largest absolute Gasteiger partial charge is 0.320 e. The zero-order valence-electron chi connectivity index (χ0n) is 8.04. The first-order valence-corrected chi connectivity index (χ1v) is 4.34. The van der Waals surface area contributed by atoms with E-state index in [1.807, 2.05) is 5.32 Å². The molecule has 0 fully saturated rings. The van der Waals surface area contributed by atoms with E-state index >= 15 is 0 Å². The van der Waals surface area contributed by atoms with E-state index in [0.717, 1.165) is 0 Å². The lowest BCUT2D eigenvalue weighted by Crippen LogP contribution is -2.23. The summed E-state index contributed by atoms with van der Waals surface area (Å²) in [5.74, 6) is -1.38. The van der Waals surface area contributed by atoms with E-state index in [1.165, 1.54) is 22.9 Å². The summed E-state index contributed by atoms with van der Waals surface area (Å²) in [5.41, 5.74) is -0.0608. The Hall–Kier alpha value is -1.72. The number of nitrogens with one attached hydrogen (secondary N) is 1. The summed E-state index contributed by atoms with van der Waals surface area (Å²) >= 11 is 0. The zero-order valence-corrected chi connectivity index (χ0v) is 8.04. The van der Waals surface area contributed by atoms with Gasteiger partial charge < -0.3 is 9.88 Å². The number of alkyl halides is 2. The highest BCUT2D eigenvalue weighted by atomic mass is 19.3. The second kappa shape index (κ2) is 4.68. The summed E-state index contributed by atoms with van der Waals surface area (Å²) in [6.07, 6.45) is -1.74. The molecule has 0 saturated heterocycles. The van der Waals surface area contributed by atoms with Crippen molar-refractivity contribution in [3.8, 4) is 0 Å². The van der Waals surface area contributed by atoms with Crippen molar-refractivity contribution in [3.05, 3.63) is 28.7 Å². The molecule has 0 aliphatic heterocycles. The Kier molecular flexibility index (Phi) is 3.54. The van der Waals surface area contributed by atoms with Crippen molar-refractivity contribution < 1.29 is 13.6 Å². The van der Waals surface area contributed by atoms with E-state index in [-0.39, 0.29) is 11.2 Å². The molecule has 0 aliphatic carbocycles. The van der Waals surface area contributed by atoms with Crippen LogP contribution < -0.4 is 10.9 Å². The third-order valence-corrected chi connectivity index (χ3v) is 1.79. The maximum Gasteiger partial charge on any atom is 0.315 e. The van der Waals surface area contributed by atoms with E-state index in [2.05, 4.69) is 0 Å². The molecular weight excluding hydrogens is 206 g/mol. The monoisotopic (exact) mass is 216 g/mol. The number of carbonyl (C=O) groups excluding carboxylic acids is 1. The molecule has 82 valence electrons. The first-order chi connectivity index (χ1) is 7.04. The van der Waals surface area contributed by atoms with Gasteiger partial charge in [0.1, 0.15) is 0 Å². The van der Waals surface area contributed by atoms with E-state index < -0.39 is 12.3 Å². The Balaban J connectivity index is 2.88. The molecule has 4 nitrogen and oxygen atoms in total. The second-order valence-electron chi connectivity index (χ2n) is 2.83. The van der Waals surface area contributed by atoms with Crippen LogP contribution in [-0.2, 0) is 11.3 Å². The predicted molar refractivity (Wildman–Crippen MR) is 51.0 cm³/mol. The molecule has 1 aromatic rings. The molecule has 0 radical (unpaired) electrons. The average Bonchev–Trinajstić information content (AvgIpc) is 2.20. The average molecular weight is 216 g/mol. The van der Waals surface area contributed by atoms with Gasteiger partial charge in [0.15, 0.2) is 0 Å².